The van der Waals surface area contributed by atoms with Gasteiger partial charge < -0.3 is 10.9 Å². The fourth-order valence-corrected chi connectivity index (χ4v) is 0.376. The van der Waals surface area contributed by atoms with Gasteiger partial charge in [0, 0.05) is 0 Å². The van der Waals surface area contributed by atoms with Gasteiger partial charge in [-0.3, -0.25) is 0 Å². The number of nitrogens with two attached hydrogens (primary N) is 1. The fraction of sp³-hybridized carbons (Fsp3) is 1.00. The molecule has 0 rings (SSSR count). The molecule has 4 heteroatoms. The van der Waals surface area contributed by atoms with E-state index in [0.717, 1.165) is 12.8 Å². The van der Waals surface area contributed by atoms with Gasteiger partial charge in [-0.2, -0.15) is 19.0 Å². The van der Waals surface area contributed by atoms with E-state index in [2.05, 4.69) is 0 Å². The van der Waals surface area contributed by atoms with Gasteiger partial charge in [-0.05, 0) is 6.42 Å². The summed E-state index contributed by atoms with van der Waals surface area (Å²) in [5.41, 5.74) is 7.17. The van der Waals surface area contributed by atoms with Crippen LogP contribution in [0.3, 0.4) is 0 Å². The number of hydrogen-bond donors (Lipinski definition) is 3. The normalized spacial score (nSPS) is 12.4. The van der Waals surface area contributed by atoms with Crippen LogP contribution in [0.25, 0.3) is 0 Å². The van der Waals surface area contributed by atoms with Crippen molar-refractivity contribution in [3.63, 3.8) is 0 Å². The molecule has 0 amide bonds. The van der Waals surface area contributed by atoms with Gasteiger partial charge >= 0.3 is 0 Å². The minimum absolute atomic E-state index is 0. The van der Waals surface area contributed by atoms with Gasteiger partial charge in [0.05, 0.1) is 6.17 Å². The Morgan fingerprint density at radius 3 is 2.38 bits per heavy atom. The van der Waals surface area contributed by atoms with Crippen LogP contribution < -0.4 is 11.2 Å². The summed E-state index contributed by atoms with van der Waals surface area (Å²) in [6, 6.07) is 0. The van der Waals surface area contributed by atoms with E-state index in [4.69, 9.17) is 10.9 Å². The third-order valence-corrected chi connectivity index (χ3v) is 0.766. The second kappa shape index (κ2) is 7.23. The molecule has 0 saturated carbocycles. The highest BCUT2D eigenvalue weighted by molar-refractivity contribution is 7.59. The van der Waals surface area contributed by atoms with Gasteiger partial charge in [0.1, 0.15) is 0 Å². The summed E-state index contributed by atoms with van der Waals surface area (Å²) in [6.07, 6.45) is 1.57. The Balaban J connectivity index is 0. The van der Waals surface area contributed by atoms with Crippen LogP contribution in [-0.2, 0) is 0 Å². The molecule has 0 fully saturated rings. The van der Waals surface area contributed by atoms with Crippen LogP contribution in [0.5, 0.6) is 0 Å². The smallest absolute Gasteiger partial charge is 0.0784 e. The number of rotatable bonds is 3. The maximum atomic E-state index is 8.09. The summed E-state index contributed by atoms with van der Waals surface area (Å²) >= 11 is 0. The molecule has 52 valence electrons. The second-order valence-electron chi connectivity index (χ2n) is 1.52. The lowest BCUT2D eigenvalue weighted by Crippen LogP contribution is -2.34. The van der Waals surface area contributed by atoms with Crippen LogP contribution in [0.15, 0.2) is 0 Å². The highest BCUT2D eigenvalue weighted by atomic mass is 32.1. The first-order chi connectivity index (χ1) is 3.31. The average Bonchev–Trinajstić information content (AvgIpc) is 1.68. The Morgan fingerprint density at radius 1 is 1.75 bits per heavy atom. The Labute approximate surface area is 56.7 Å². The topological polar surface area (TPSA) is 58.3 Å². The molecule has 0 saturated heterocycles. The highest BCUT2D eigenvalue weighted by Gasteiger charge is 1.92. The number of hydrogen-bond acceptors (Lipinski definition) is 3. The summed E-state index contributed by atoms with van der Waals surface area (Å²) < 4.78 is 0. The van der Waals surface area contributed by atoms with Crippen LogP contribution in [0.4, 0.5) is 0 Å². The number of nitrogens with one attached hydrogen (secondary N) is 1. The van der Waals surface area contributed by atoms with E-state index in [1.807, 2.05) is 12.4 Å². The first-order valence-electron chi connectivity index (χ1n) is 2.46. The van der Waals surface area contributed by atoms with E-state index in [1.165, 1.54) is 0 Å². The monoisotopic (exact) mass is 138 g/mol. The Bertz CT molecular complexity index is 45.0. The van der Waals surface area contributed by atoms with Crippen LogP contribution in [0.2, 0.25) is 0 Å². The van der Waals surface area contributed by atoms with Gasteiger partial charge in [-0.1, -0.05) is 13.3 Å². The molecule has 0 spiro atoms. The van der Waals surface area contributed by atoms with Crippen molar-refractivity contribution in [3.05, 3.63) is 0 Å². The van der Waals surface area contributed by atoms with Crippen molar-refractivity contribution in [2.24, 2.45) is 5.73 Å². The highest BCUT2D eigenvalue weighted by Crippen LogP contribution is 1.85. The number of hydroxylamine groups is 1. The predicted molar refractivity (Wildman–Crippen MR) is 38.2 cm³/mol. The van der Waals surface area contributed by atoms with Gasteiger partial charge in [0.25, 0.3) is 0 Å². The lowest BCUT2D eigenvalue weighted by molar-refractivity contribution is 0.124. The van der Waals surface area contributed by atoms with Crippen molar-refractivity contribution < 1.29 is 5.21 Å². The van der Waals surface area contributed by atoms with E-state index in [-0.39, 0.29) is 19.7 Å². The maximum Gasteiger partial charge on any atom is 0.0784 e. The third kappa shape index (κ3) is 6.23. The SMILES string of the molecule is CCCC(N)NO.S. The Kier molecular flexibility index (Phi) is 10.0. The van der Waals surface area contributed by atoms with Crippen LogP contribution in [-0.4, -0.2) is 11.4 Å². The van der Waals surface area contributed by atoms with E-state index >= 15 is 0 Å². The molecule has 0 heterocycles. The van der Waals surface area contributed by atoms with Gasteiger partial charge in [-0.15, -0.1) is 0 Å². The first-order valence-corrected chi connectivity index (χ1v) is 2.46. The van der Waals surface area contributed by atoms with Gasteiger partial charge in [0.2, 0.25) is 0 Å². The van der Waals surface area contributed by atoms with Crippen molar-refractivity contribution in [1.29, 1.82) is 0 Å². The molecule has 0 radical (unpaired) electrons. The largest absolute Gasteiger partial charge is 0.315 e. The maximum absolute atomic E-state index is 8.09. The molecule has 4 N–H and O–H groups in total. The van der Waals surface area contributed by atoms with Gasteiger partial charge in [-0.25, -0.2) is 0 Å². The molecule has 1 atom stereocenters. The zero-order valence-electron chi connectivity index (χ0n) is 5.02. The summed E-state index contributed by atoms with van der Waals surface area (Å²) in [5.74, 6) is 0. The minimum atomic E-state index is -0.245. The molecule has 0 aliphatic heterocycles. The zero-order chi connectivity index (χ0) is 5.70. The summed E-state index contributed by atoms with van der Waals surface area (Å²) in [7, 11) is 0. The molecule has 0 aromatic carbocycles. The second-order valence-corrected chi connectivity index (χ2v) is 1.52. The zero-order valence-corrected chi connectivity index (χ0v) is 6.02. The van der Waals surface area contributed by atoms with E-state index in [1.54, 1.807) is 0 Å². The van der Waals surface area contributed by atoms with Crippen molar-refractivity contribution in [2.45, 2.75) is 25.9 Å². The molecule has 0 bridgehead atoms. The molecule has 0 aliphatic carbocycles. The molecule has 8 heavy (non-hydrogen) atoms. The quantitative estimate of drug-likeness (QED) is 0.385. The lowest BCUT2D eigenvalue weighted by Gasteiger charge is -2.04. The van der Waals surface area contributed by atoms with E-state index < -0.39 is 0 Å². The average molecular weight is 138 g/mol. The van der Waals surface area contributed by atoms with Crippen LogP contribution >= 0.6 is 13.5 Å². The van der Waals surface area contributed by atoms with Gasteiger partial charge in [0.15, 0.2) is 0 Å². The Hall–Kier alpha value is 0.230. The molecular weight excluding hydrogens is 124 g/mol. The molecule has 0 aromatic rings. The molecule has 3 nitrogen and oxygen atoms in total. The summed E-state index contributed by atoms with van der Waals surface area (Å²) in [4.78, 5) is 0. The molecule has 1 unspecified atom stereocenters. The van der Waals surface area contributed by atoms with Crippen molar-refractivity contribution in [3.8, 4) is 0 Å². The third-order valence-electron chi connectivity index (χ3n) is 0.766. The summed E-state index contributed by atoms with van der Waals surface area (Å²) in [5, 5.41) is 8.09. The first kappa shape index (κ1) is 11.1. The van der Waals surface area contributed by atoms with Crippen molar-refractivity contribution in [2.75, 3.05) is 0 Å². The van der Waals surface area contributed by atoms with E-state index in [0.29, 0.717) is 0 Å². The molecule has 0 aliphatic rings. The minimum Gasteiger partial charge on any atom is -0.315 e. The molecule has 0 aromatic heterocycles. The van der Waals surface area contributed by atoms with Crippen molar-refractivity contribution in [1.82, 2.24) is 5.48 Å². The summed E-state index contributed by atoms with van der Waals surface area (Å²) in [6.45, 7) is 2.01. The van der Waals surface area contributed by atoms with Crippen molar-refractivity contribution >= 4 is 13.5 Å². The molecular formula is C4H14N2OS. The lowest BCUT2D eigenvalue weighted by atomic mass is 10.3. The Morgan fingerprint density at radius 2 is 2.25 bits per heavy atom. The van der Waals surface area contributed by atoms with E-state index in [9.17, 15) is 0 Å². The van der Waals surface area contributed by atoms with Crippen LogP contribution in [0, 0.1) is 0 Å². The van der Waals surface area contributed by atoms with Crippen LogP contribution in [0.1, 0.15) is 19.8 Å². The predicted octanol–water partition coefficient (Wildman–Crippen LogP) is 0.163. The standard InChI is InChI=1S/C4H12N2O.H2S/c1-2-3-4(5)6-7;/h4,6-7H,2-3,5H2,1H3;1H2. The fourth-order valence-electron chi connectivity index (χ4n) is 0.376.